The Morgan fingerprint density at radius 2 is 1.11 bits per heavy atom. The average Bonchev–Trinajstić information content (AvgIpc) is 3.50. The number of benzene rings is 1. The molecule has 0 radical (unpaired) electrons. The molecular weight excluding hydrogens is 346 g/mol. The van der Waals surface area contributed by atoms with E-state index in [9.17, 15) is 0 Å². The van der Waals surface area contributed by atoms with Crippen molar-refractivity contribution in [1.29, 1.82) is 5.41 Å². The van der Waals surface area contributed by atoms with Crippen LogP contribution in [0.15, 0.2) is 24.3 Å². The lowest BCUT2D eigenvalue weighted by Gasteiger charge is -2.20. The molecule has 4 aliphatic heterocycles. The first-order chi connectivity index (χ1) is 13.2. The molecule has 5 rings (SSSR count). The Labute approximate surface area is 159 Å². The van der Waals surface area contributed by atoms with Crippen LogP contribution in [0.5, 0.6) is 0 Å². The second kappa shape index (κ2) is 8.63. The van der Waals surface area contributed by atoms with Gasteiger partial charge < -0.3 is 18.9 Å². The van der Waals surface area contributed by atoms with Crippen molar-refractivity contribution in [2.75, 3.05) is 26.4 Å². The van der Waals surface area contributed by atoms with E-state index in [0.29, 0.717) is 36.3 Å². The molecular formula is C21H27NO5. The van der Waals surface area contributed by atoms with Gasteiger partial charge in [-0.25, -0.2) is 10.2 Å². The number of rotatable bonds is 10. The van der Waals surface area contributed by atoms with E-state index in [1.807, 2.05) is 0 Å². The molecule has 0 spiro atoms. The summed E-state index contributed by atoms with van der Waals surface area (Å²) in [7, 11) is 0. The van der Waals surface area contributed by atoms with Crippen molar-refractivity contribution < 1.29 is 23.7 Å². The van der Waals surface area contributed by atoms with Gasteiger partial charge in [0.05, 0.1) is 50.8 Å². The van der Waals surface area contributed by atoms with Crippen molar-refractivity contribution in [3.63, 3.8) is 0 Å². The zero-order valence-electron chi connectivity index (χ0n) is 15.5. The Morgan fingerprint density at radius 1 is 0.815 bits per heavy atom. The molecule has 0 amide bonds. The van der Waals surface area contributed by atoms with E-state index in [0.717, 1.165) is 58.2 Å². The molecule has 4 heterocycles. The molecule has 0 aromatic heterocycles. The van der Waals surface area contributed by atoms with Gasteiger partial charge in [-0.2, -0.15) is 0 Å². The summed E-state index contributed by atoms with van der Waals surface area (Å²) in [4.78, 5) is 8.35. The normalized spacial score (nSPS) is 31.7. The van der Waals surface area contributed by atoms with Crippen LogP contribution in [0.2, 0.25) is 0 Å². The molecule has 0 aliphatic carbocycles. The van der Waals surface area contributed by atoms with Crippen LogP contribution in [0.3, 0.4) is 0 Å². The minimum atomic E-state index is 0.466. The lowest BCUT2D eigenvalue weighted by Crippen LogP contribution is -2.10. The van der Waals surface area contributed by atoms with Crippen molar-refractivity contribution in [3.05, 3.63) is 35.4 Å². The van der Waals surface area contributed by atoms with Gasteiger partial charge in [-0.15, -0.1) is 0 Å². The molecule has 146 valence electrons. The molecule has 4 saturated heterocycles. The van der Waals surface area contributed by atoms with Crippen LogP contribution in [-0.4, -0.2) is 56.9 Å². The summed E-state index contributed by atoms with van der Waals surface area (Å²) in [5.41, 5.74) is 2.91. The fourth-order valence-corrected chi connectivity index (χ4v) is 3.89. The molecule has 6 heteroatoms. The van der Waals surface area contributed by atoms with Crippen LogP contribution >= 0.6 is 0 Å². The number of nitrogens with one attached hydrogen (secondary N) is 1. The van der Waals surface area contributed by atoms with Crippen molar-refractivity contribution in [2.45, 2.75) is 61.9 Å². The molecule has 4 atom stereocenters. The molecule has 0 saturated carbocycles. The summed E-state index contributed by atoms with van der Waals surface area (Å²) >= 11 is 0. The zero-order valence-corrected chi connectivity index (χ0v) is 15.5. The van der Waals surface area contributed by atoms with Gasteiger partial charge in [0, 0.05) is 0 Å². The molecule has 6 nitrogen and oxygen atoms in total. The van der Waals surface area contributed by atoms with E-state index in [-0.39, 0.29) is 0 Å². The maximum atomic E-state index is 8.35. The first kappa shape index (κ1) is 18.8. The van der Waals surface area contributed by atoms with Crippen molar-refractivity contribution in [3.8, 4) is 0 Å². The highest BCUT2D eigenvalue weighted by Crippen LogP contribution is 2.38. The highest BCUT2D eigenvalue weighted by molar-refractivity contribution is 5.30. The standard InChI is InChI=1S/C20H26O4.CHNO/c1-2-13(15(5-17-9-21-17)6-18-10-22-18)4-14(3-1)16(7-19-11-23-19)8-20-12-24-20;2-1-3/h1-4,15-20H,5-12H2;2H. The van der Waals surface area contributed by atoms with Gasteiger partial charge in [0.15, 0.2) is 0 Å². The number of epoxide rings is 4. The molecule has 0 bridgehead atoms. The van der Waals surface area contributed by atoms with Gasteiger partial charge in [0.2, 0.25) is 6.08 Å². The fraction of sp³-hybridized carbons (Fsp3) is 0.667. The highest BCUT2D eigenvalue weighted by Gasteiger charge is 2.35. The molecule has 4 fully saturated rings. The topological polar surface area (TPSA) is 91.0 Å². The maximum absolute atomic E-state index is 8.35. The van der Waals surface area contributed by atoms with Gasteiger partial charge >= 0.3 is 0 Å². The Hall–Kier alpha value is -1.56. The number of isocyanates is 1. The third-order valence-electron chi connectivity index (χ3n) is 5.65. The molecule has 27 heavy (non-hydrogen) atoms. The van der Waals surface area contributed by atoms with Crippen LogP contribution in [-0.2, 0) is 23.7 Å². The lowest BCUT2D eigenvalue weighted by atomic mass is 9.84. The van der Waals surface area contributed by atoms with E-state index in [2.05, 4.69) is 24.3 Å². The predicted molar refractivity (Wildman–Crippen MR) is 97.8 cm³/mol. The maximum Gasteiger partial charge on any atom is 0.231 e. The van der Waals surface area contributed by atoms with Gasteiger partial charge in [-0.05, 0) is 48.6 Å². The summed E-state index contributed by atoms with van der Waals surface area (Å²) in [6.45, 7) is 3.73. The lowest BCUT2D eigenvalue weighted by molar-refractivity contribution is 0.343. The van der Waals surface area contributed by atoms with Crippen molar-refractivity contribution in [1.82, 2.24) is 0 Å². The Balaban J connectivity index is 0.000000565. The number of hydrogen-bond acceptors (Lipinski definition) is 6. The zero-order chi connectivity index (χ0) is 18.6. The van der Waals surface area contributed by atoms with E-state index < -0.39 is 0 Å². The van der Waals surface area contributed by atoms with Crippen LogP contribution in [0, 0.1) is 5.41 Å². The fourth-order valence-electron chi connectivity index (χ4n) is 3.89. The Morgan fingerprint density at radius 3 is 1.37 bits per heavy atom. The van der Waals surface area contributed by atoms with Gasteiger partial charge in [-0.1, -0.05) is 24.3 Å². The number of hydrogen-bond donors (Lipinski definition) is 1. The summed E-state index contributed by atoms with van der Waals surface area (Å²) < 4.78 is 22.0. The van der Waals surface area contributed by atoms with E-state index in [1.165, 1.54) is 11.1 Å². The van der Waals surface area contributed by atoms with E-state index >= 15 is 0 Å². The second-order valence-corrected chi connectivity index (χ2v) is 7.93. The van der Waals surface area contributed by atoms with Crippen LogP contribution in [0.1, 0.15) is 48.6 Å². The first-order valence-electron chi connectivity index (χ1n) is 9.85. The third kappa shape index (κ3) is 6.23. The molecule has 4 unspecified atom stereocenters. The summed E-state index contributed by atoms with van der Waals surface area (Å²) in [6.07, 6.45) is 7.13. The minimum absolute atomic E-state index is 0.466. The Bertz CT molecular complexity index is 583. The monoisotopic (exact) mass is 373 g/mol. The summed E-state index contributed by atoms with van der Waals surface area (Å²) in [5, 5.41) is 5.40. The third-order valence-corrected chi connectivity index (χ3v) is 5.65. The quantitative estimate of drug-likeness (QED) is 0.387. The largest absolute Gasteiger partial charge is 0.373 e. The smallest absolute Gasteiger partial charge is 0.231 e. The minimum Gasteiger partial charge on any atom is -0.373 e. The van der Waals surface area contributed by atoms with Gasteiger partial charge in [0.25, 0.3) is 0 Å². The van der Waals surface area contributed by atoms with Crippen molar-refractivity contribution in [2.24, 2.45) is 0 Å². The molecule has 1 N–H and O–H groups in total. The van der Waals surface area contributed by atoms with E-state index in [4.69, 9.17) is 29.2 Å². The SMILES string of the molecule is N=C=O.c1cc(C(CC2CO2)CC2CO2)cc(C(CC2CO2)CC2CO2)c1. The van der Waals surface area contributed by atoms with Gasteiger partial charge in [-0.3, -0.25) is 0 Å². The van der Waals surface area contributed by atoms with Crippen molar-refractivity contribution >= 4 is 6.08 Å². The second-order valence-electron chi connectivity index (χ2n) is 7.93. The predicted octanol–water partition coefficient (Wildman–Crippen LogP) is 2.91. The van der Waals surface area contributed by atoms with E-state index in [1.54, 1.807) is 0 Å². The molecule has 1 aromatic rings. The number of ether oxygens (including phenoxy) is 4. The first-order valence-corrected chi connectivity index (χ1v) is 9.85. The van der Waals surface area contributed by atoms with Gasteiger partial charge in [0.1, 0.15) is 0 Å². The summed E-state index contributed by atoms with van der Waals surface area (Å²) in [5.74, 6) is 1.11. The number of carbonyl (C=O) groups excluding carboxylic acids is 1. The van der Waals surface area contributed by atoms with Crippen LogP contribution in [0.25, 0.3) is 0 Å². The summed E-state index contributed by atoms with van der Waals surface area (Å²) in [6, 6.07) is 9.24. The van der Waals surface area contributed by atoms with Crippen LogP contribution < -0.4 is 0 Å². The Kier molecular flexibility index (Phi) is 6.01. The average molecular weight is 373 g/mol. The molecule has 1 aromatic carbocycles. The highest BCUT2D eigenvalue weighted by atomic mass is 16.6. The van der Waals surface area contributed by atoms with Crippen LogP contribution in [0.4, 0.5) is 0 Å². The molecule has 4 aliphatic rings.